The summed E-state index contributed by atoms with van der Waals surface area (Å²) >= 11 is 0. The third-order valence-corrected chi connectivity index (χ3v) is 3.53. The minimum atomic E-state index is -0.505. The maximum atomic E-state index is 12.3. The van der Waals surface area contributed by atoms with E-state index in [0.717, 1.165) is 18.5 Å². The number of amides is 1. The molecule has 120 valence electrons. The van der Waals surface area contributed by atoms with Crippen molar-refractivity contribution in [1.82, 2.24) is 9.80 Å². The molecule has 0 N–H and O–H groups in total. The van der Waals surface area contributed by atoms with Crippen LogP contribution in [0.1, 0.15) is 40.5 Å². The predicted octanol–water partition coefficient (Wildman–Crippen LogP) is 2.67. The summed E-state index contributed by atoms with van der Waals surface area (Å²) < 4.78 is 5.38. The molecule has 0 aromatic carbocycles. The van der Waals surface area contributed by atoms with E-state index in [4.69, 9.17) is 4.74 Å². The van der Waals surface area contributed by atoms with Gasteiger partial charge in [-0.15, -0.1) is 0 Å². The average molecular weight is 296 g/mol. The van der Waals surface area contributed by atoms with Crippen LogP contribution in [0.5, 0.6) is 0 Å². The van der Waals surface area contributed by atoms with Gasteiger partial charge in [0.05, 0.1) is 0 Å². The summed E-state index contributed by atoms with van der Waals surface area (Å²) in [5, 5.41) is 0. The molecule has 0 aliphatic carbocycles. The monoisotopic (exact) mass is 296 g/mol. The fourth-order valence-electron chi connectivity index (χ4n) is 2.15. The zero-order valence-corrected chi connectivity index (χ0v) is 14.1. The molecule has 1 heterocycles. The molecule has 1 aliphatic rings. The van der Waals surface area contributed by atoms with Gasteiger partial charge in [0, 0.05) is 44.9 Å². The van der Waals surface area contributed by atoms with Crippen molar-refractivity contribution in [2.75, 3.05) is 27.2 Å². The Morgan fingerprint density at radius 3 is 2.43 bits per heavy atom. The summed E-state index contributed by atoms with van der Waals surface area (Å²) in [6.07, 6.45) is 3.01. The lowest BCUT2D eigenvalue weighted by Gasteiger charge is -2.33. The van der Waals surface area contributed by atoms with Crippen LogP contribution in [0, 0.1) is 5.92 Å². The molecule has 1 saturated heterocycles. The van der Waals surface area contributed by atoms with Gasteiger partial charge in [-0.05, 0) is 40.5 Å². The van der Waals surface area contributed by atoms with Crippen molar-refractivity contribution in [3.05, 3.63) is 11.8 Å². The zero-order chi connectivity index (χ0) is 16.2. The van der Waals surface area contributed by atoms with Crippen LogP contribution in [0.15, 0.2) is 11.8 Å². The van der Waals surface area contributed by atoms with Crippen LogP contribution in [0.3, 0.4) is 0 Å². The lowest BCUT2D eigenvalue weighted by molar-refractivity contribution is -0.119. The van der Waals surface area contributed by atoms with Gasteiger partial charge >= 0.3 is 6.09 Å². The average Bonchev–Trinajstić information content (AvgIpc) is 2.36. The van der Waals surface area contributed by atoms with Gasteiger partial charge in [-0.1, -0.05) is 0 Å². The molecule has 1 unspecified atom stereocenters. The third kappa shape index (κ3) is 5.78. The van der Waals surface area contributed by atoms with Crippen molar-refractivity contribution < 1.29 is 14.3 Å². The summed E-state index contributed by atoms with van der Waals surface area (Å²) in [6, 6.07) is 0. The molecule has 1 fully saturated rings. The Balaban J connectivity index is 2.66. The van der Waals surface area contributed by atoms with Gasteiger partial charge in [-0.25, -0.2) is 4.79 Å². The molecule has 5 heteroatoms. The Morgan fingerprint density at radius 1 is 1.29 bits per heavy atom. The first-order chi connectivity index (χ1) is 9.60. The van der Waals surface area contributed by atoms with Crippen molar-refractivity contribution >= 4 is 11.9 Å². The minimum absolute atomic E-state index is 0.0921. The fraction of sp³-hybridized carbons (Fsp3) is 0.750. The van der Waals surface area contributed by atoms with E-state index >= 15 is 0 Å². The highest BCUT2D eigenvalue weighted by molar-refractivity contribution is 5.92. The van der Waals surface area contributed by atoms with Crippen molar-refractivity contribution in [1.29, 1.82) is 0 Å². The number of allylic oxidation sites excluding steroid dienone is 2. The van der Waals surface area contributed by atoms with E-state index in [-0.39, 0.29) is 17.8 Å². The third-order valence-electron chi connectivity index (χ3n) is 3.53. The molecule has 21 heavy (non-hydrogen) atoms. The normalized spacial score (nSPS) is 20.2. The SMILES string of the molecule is C/C(=C/C(=O)C1CCCN(C(=O)OC(C)(C)C)C1)N(C)C. The van der Waals surface area contributed by atoms with Gasteiger partial charge in [-0.2, -0.15) is 0 Å². The number of rotatable bonds is 3. The maximum Gasteiger partial charge on any atom is 0.410 e. The van der Waals surface area contributed by atoms with E-state index in [1.54, 1.807) is 11.0 Å². The summed E-state index contributed by atoms with van der Waals surface area (Å²) in [5.41, 5.74) is 0.421. The highest BCUT2D eigenvalue weighted by Crippen LogP contribution is 2.21. The Hall–Kier alpha value is -1.52. The number of nitrogens with zero attached hydrogens (tertiary/aromatic N) is 2. The van der Waals surface area contributed by atoms with Crippen LogP contribution in [0.25, 0.3) is 0 Å². The quantitative estimate of drug-likeness (QED) is 0.751. The van der Waals surface area contributed by atoms with Crippen LogP contribution >= 0.6 is 0 Å². The van der Waals surface area contributed by atoms with Crippen molar-refractivity contribution in [3.8, 4) is 0 Å². The highest BCUT2D eigenvalue weighted by Gasteiger charge is 2.30. The van der Waals surface area contributed by atoms with Crippen molar-refractivity contribution in [2.24, 2.45) is 5.92 Å². The van der Waals surface area contributed by atoms with Gasteiger partial charge in [0.1, 0.15) is 5.60 Å². The van der Waals surface area contributed by atoms with Crippen LogP contribution in [-0.4, -0.2) is 54.5 Å². The first kappa shape index (κ1) is 17.5. The van der Waals surface area contributed by atoms with E-state index < -0.39 is 5.60 Å². The Kier molecular flexibility index (Phi) is 5.81. The Labute approximate surface area is 127 Å². The number of likely N-dealkylation sites (tertiary alicyclic amines) is 1. The molecule has 0 radical (unpaired) electrons. The van der Waals surface area contributed by atoms with Crippen molar-refractivity contribution in [3.63, 3.8) is 0 Å². The van der Waals surface area contributed by atoms with Gasteiger partial charge in [0.2, 0.25) is 0 Å². The van der Waals surface area contributed by atoms with Gasteiger partial charge < -0.3 is 14.5 Å². The van der Waals surface area contributed by atoms with Crippen LogP contribution in [0.2, 0.25) is 0 Å². The molecule has 1 amide bonds. The smallest absolute Gasteiger partial charge is 0.410 e. The first-order valence-corrected chi connectivity index (χ1v) is 7.47. The number of ether oxygens (including phenoxy) is 1. The first-order valence-electron chi connectivity index (χ1n) is 7.47. The van der Waals surface area contributed by atoms with E-state index in [0.29, 0.717) is 13.1 Å². The number of hydrogen-bond acceptors (Lipinski definition) is 4. The molecule has 0 aromatic rings. The molecule has 5 nitrogen and oxygen atoms in total. The van der Waals surface area contributed by atoms with E-state index in [1.165, 1.54) is 0 Å². The second-order valence-corrected chi connectivity index (χ2v) is 6.85. The number of hydrogen-bond donors (Lipinski definition) is 0. The van der Waals surface area contributed by atoms with Crippen LogP contribution in [0.4, 0.5) is 4.79 Å². The molecular formula is C16H28N2O3. The molecular weight excluding hydrogens is 268 g/mol. The molecule has 1 aliphatic heterocycles. The molecule has 0 saturated carbocycles. The van der Waals surface area contributed by atoms with E-state index in [2.05, 4.69) is 0 Å². The summed E-state index contributed by atoms with van der Waals surface area (Å²) in [4.78, 5) is 27.9. The Morgan fingerprint density at radius 2 is 1.90 bits per heavy atom. The molecule has 0 bridgehead atoms. The molecule has 1 atom stereocenters. The van der Waals surface area contributed by atoms with Gasteiger partial charge in [0.25, 0.3) is 0 Å². The maximum absolute atomic E-state index is 12.3. The van der Waals surface area contributed by atoms with Gasteiger partial charge in [0.15, 0.2) is 5.78 Å². The summed E-state index contributed by atoms with van der Waals surface area (Å²) in [6.45, 7) is 8.56. The highest BCUT2D eigenvalue weighted by atomic mass is 16.6. The second kappa shape index (κ2) is 6.96. The Bertz CT molecular complexity index is 422. The molecule has 1 rings (SSSR count). The van der Waals surface area contributed by atoms with E-state index in [1.807, 2.05) is 46.7 Å². The topological polar surface area (TPSA) is 49.9 Å². The summed E-state index contributed by atoms with van der Waals surface area (Å²) in [7, 11) is 3.82. The fourth-order valence-corrected chi connectivity index (χ4v) is 2.15. The number of ketones is 1. The number of piperidine rings is 1. The number of carbonyl (C=O) groups is 2. The number of carbonyl (C=O) groups excluding carboxylic acids is 2. The van der Waals surface area contributed by atoms with E-state index in [9.17, 15) is 9.59 Å². The largest absolute Gasteiger partial charge is 0.444 e. The standard InChI is InChI=1S/C16H28N2O3/c1-12(17(5)6)10-14(19)13-8-7-9-18(11-13)15(20)21-16(2,3)4/h10,13H,7-9,11H2,1-6H3/b12-10-. The van der Waals surface area contributed by atoms with Crippen LogP contribution < -0.4 is 0 Å². The predicted molar refractivity (Wildman–Crippen MR) is 83.0 cm³/mol. The molecule has 0 aromatic heterocycles. The lowest BCUT2D eigenvalue weighted by Crippen LogP contribution is -2.44. The van der Waals surface area contributed by atoms with Gasteiger partial charge in [-0.3, -0.25) is 4.79 Å². The lowest BCUT2D eigenvalue weighted by atomic mass is 9.93. The summed E-state index contributed by atoms with van der Waals surface area (Å²) in [5.74, 6) is -0.0318. The second-order valence-electron chi connectivity index (χ2n) is 6.85. The van der Waals surface area contributed by atoms with Crippen LogP contribution in [-0.2, 0) is 9.53 Å². The van der Waals surface area contributed by atoms with Crippen molar-refractivity contribution in [2.45, 2.75) is 46.1 Å². The zero-order valence-electron chi connectivity index (χ0n) is 14.1. The molecule has 0 spiro atoms. The minimum Gasteiger partial charge on any atom is -0.444 e.